The van der Waals surface area contributed by atoms with Crippen molar-refractivity contribution in [1.82, 2.24) is 0 Å². The molecule has 118 valence electrons. The van der Waals surface area contributed by atoms with Crippen LogP contribution in [0.4, 0.5) is 15.8 Å². The Morgan fingerprint density at radius 3 is 2.43 bits per heavy atom. The Morgan fingerprint density at radius 2 is 1.74 bits per heavy atom. The normalized spacial score (nSPS) is 17.9. The molecule has 1 heterocycles. The van der Waals surface area contributed by atoms with Crippen LogP contribution in [0.1, 0.15) is 10.4 Å². The minimum absolute atomic E-state index is 0.317. The van der Waals surface area contributed by atoms with E-state index in [0.29, 0.717) is 16.9 Å². The summed E-state index contributed by atoms with van der Waals surface area (Å²) < 4.78 is 39.0. The molecule has 1 aliphatic heterocycles. The second-order valence-electron chi connectivity index (χ2n) is 4.98. The van der Waals surface area contributed by atoms with E-state index in [1.807, 2.05) is 0 Å². The zero-order valence-electron chi connectivity index (χ0n) is 12.2. The SMILES string of the molecule is CN1c2ccccc2C(=O)C(=CNc2ccc(F)cc2)S1(=O)=O. The van der Waals surface area contributed by atoms with Gasteiger partial charge in [0.05, 0.1) is 5.69 Å². The summed E-state index contributed by atoms with van der Waals surface area (Å²) >= 11 is 0. The predicted octanol–water partition coefficient (Wildman–Crippen LogP) is 2.74. The minimum atomic E-state index is -3.93. The number of rotatable bonds is 2. The fourth-order valence-corrected chi connectivity index (χ4v) is 3.57. The van der Waals surface area contributed by atoms with Crippen molar-refractivity contribution in [3.8, 4) is 0 Å². The molecular formula is C16H13FN2O3S. The van der Waals surface area contributed by atoms with E-state index >= 15 is 0 Å². The summed E-state index contributed by atoms with van der Waals surface area (Å²) in [4.78, 5) is 12.1. The Labute approximate surface area is 133 Å². The molecule has 2 aromatic rings. The number of allylic oxidation sites excluding steroid dienone is 1. The molecule has 0 amide bonds. The molecule has 1 aliphatic rings. The Balaban J connectivity index is 2.03. The van der Waals surface area contributed by atoms with Gasteiger partial charge in [-0.2, -0.15) is 0 Å². The first-order chi connectivity index (χ1) is 10.9. The molecule has 0 saturated carbocycles. The van der Waals surface area contributed by atoms with Crippen molar-refractivity contribution in [3.63, 3.8) is 0 Å². The van der Waals surface area contributed by atoms with Gasteiger partial charge in [-0.15, -0.1) is 0 Å². The number of hydrogen-bond acceptors (Lipinski definition) is 4. The van der Waals surface area contributed by atoms with Crippen LogP contribution in [-0.2, 0) is 10.0 Å². The van der Waals surface area contributed by atoms with Crippen molar-refractivity contribution >= 4 is 27.2 Å². The first-order valence-corrected chi connectivity index (χ1v) is 8.20. The maximum absolute atomic E-state index is 12.9. The van der Waals surface area contributed by atoms with Crippen LogP contribution in [0, 0.1) is 5.82 Å². The second-order valence-corrected chi connectivity index (χ2v) is 6.92. The minimum Gasteiger partial charge on any atom is -0.360 e. The average Bonchev–Trinajstić information content (AvgIpc) is 2.54. The number of fused-ring (bicyclic) bond motifs is 1. The maximum atomic E-state index is 12.9. The predicted molar refractivity (Wildman–Crippen MR) is 86.2 cm³/mol. The molecule has 0 bridgehead atoms. The number of hydrogen-bond donors (Lipinski definition) is 1. The van der Waals surface area contributed by atoms with Gasteiger partial charge in [-0.3, -0.25) is 9.10 Å². The standard InChI is InChI=1S/C16H13FN2O3S/c1-19-14-5-3-2-4-13(14)16(20)15(23(19,21)22)10-18-12-8-6-11(17)7-9-12/h2-10,18H,1H3. The van der Waals surface area contributed by atoms with Crippen LogP contribution in [0.2, 0.25) is 0 Å². The van der Waals surface area contributed by atoms with Gasteiger partial charge in [0, 0.05) is 24.5 Å². The van der Waals surface area contributed by atoms with E-state index in [0.717, 1.165) is 10.5 Å². The fraction of sp³-hybridized carbons (Fsp3) is 0.0625. The highest BCUT2D eigenvalue weighted by Crippen LogP contribution is 2.33. The lowest BCUT2D eigenvalue weighted by atomic mass is 10.1. The van der Waals surface area contributed by atoms with Crippen molar-refractivity contribution in [2.75, 3.05) is 16.7 Å². The molecular weight excluding hydrogens is 319 g/mol. The summed E-state index contributed by atoms with van der Waals surface area (Å²) in [5, 5.41) is 2.72. The van der Waals surface area contributed by atoms with Gasteiger partial charge in [0.2, 0.25) is 5.78 Å². The van der Waals surface area contributed by atoms with E-state index in [1.165, 1.54) is 31.3 Å². The number of nitrogens with one attached hydrogen (secondary N) is 1. The summed E-state index contributed by atoms with van der Waals surface area (Å²) in [6.45, 7) is 0. The van der Waals surface area contributed by atoms with Gasteiger partial charge in [-0.05, 0) is 36.4 Å². The van der Waals surface area contributed by atoms with Gasteiger partial charge in [0.25, 0.3) is 10.0 Å². The second kappa shape index (κ2) is 5.51. The highest BCUT2D eigenvalue weighted by molar-refractivity contribution is 7.97. The van der Waals surface area contributed by atoms with E-state index in [2.05, 4.69) is 5.32 Å². The molecule has 1 N–H and O–H groups in total. The van der Waals surface area contributed by atoms with Gasteiger partial charge >= 0.3 is 0 Å². The quantitative estimate of drug-likeness (QED) is 0.859. The Bertz CT molecular complexity index is 905. The molecule has 7 heteroatoms. The van der Waals surface area contributed by atoms with Crippen LogP contribution < -0.4 is 9.62 Å². The van der Waals surface area contributed by atoms with E-state index in [9.17, 15) is 17.6 Å². The number of sulfonamides is 1. The number of Topliss-reactive ketones (excluding diaryl/α,β-unsaturated/α-hetero) is 1. The smallest absolute Gasteiger partial charge is 0.269 e. The monoisotopic (exact) mass is 332 g/mol. The molecule has 0 unspecified atom stereocenters. The van der Waals surface area contributed by atoms with Gasteiger partial charge < -0.3 is 5.32 Å². The van der Waals surface area contributed by atoms with Crippen LogP contribution in [-0.4, -0.2) is 21.2 Å². The first-order valence-electron chi connectivity index (χ1n) is 6.76. The maximum Gasteiger partial charge on any atom is 0.269 e. The van der Waals surface area contributed by atoms with Crippen molar-refractivity contribution in [2.45, 2.75) is 0 Å². The first kappa shape index (κ1) is 15.2. The van der Waals surface area contributed by atoms with Crippen LogP contribution in [0.15, 0.2) is 59.6 Å². The molecule has 0 aromatic heterocycles. The third-order valence-electron chi connectivity index (χ3n) is 3.56. The lowest BCUT2D eigenvalue weighted by molar-refractivity contribution is 0.104. The molecule has 5 nitrogen and oxygen atoms in total. The topological polar surface area (TPSA) is 66.5 Å². The number of para-hydroxylation sites is 1. The lowest BCUT2D eigenvalue weighted by Gasteiger charge is -2.27. The molecule has 0 radical (unpaired) electrons. The van der Waals surface area contributed by atoms with Crippen molar-refractivity contribution in [2.24, 2.45) is 0 Å². The van der Waals surface area contributed by atoms with Gasteiger partial charge in [-0.25, -0.2) is 12.8 Å². The molecule has 0 saturated heterocycles. The number of carbonyl (C=O) groups is 1. The van der Waals surface area contributed by atoms with E-state index < -0.39 is 21.6 Å². The lowest BCUT2D eigenvalue weighted by Crippen LogP contribution is -2.36. The number of nitrogens with zero attached hydrogens (tertiary/aromatic N) is 1. The molecule has 0 fully saturated rings. The molecule has 0 atom stereocenters. The number of carbonyl (C=O) groups excluding carboxylic acids is 1. The Hall–Kier alpha value is -2.67. The summed E-state index contributed by atoms with van der Waals surface area (Å²) in [5.41, 5.74) is 1.14. The van der Waals surface area contributed by atoms with Crippen molar-refractivity contribution in [3.05, 3.63) is 71.0 Å². The molecule has 2 aromatic carbocycles. The fourth-order valence-electron chi connectivity index (χ4n) is 2.30. The van der Waals surface area contributed by atoms with Crippen LogP contribution in [0.25, 0.3) is 0 Å². The third kappa shape index (κ3) is 2.59. The molecule has 3 rings (SSSR count). The highest BCUT2D eigenvalue weighted by Gasteiger charge is 2.37. The van der Waals surface area contributed by atoms with E-state index in [-0.39, 0.29) is 4.91 Å². The highest BCUT2D eigenvalue weighted by atomic mass is 32.2. The Morgan fingerprint density at radius 1 is 1.09 bits per heavy atom. The van der Waals surface area contributed by atoms with E-state index in [1.54, 1.807) is 24.3 Å². The zero-order chi connectivity index (χ0) is 16.6. The summed E-state index contributed by atoms with van der Waals surface area (Å²) in [5.74, 6) is -0.980. The van der Waals surface area contributed by atoms with Crippen LogP contribution >= 0.6 is 0 Å². The number of ketones is 1. The largest absolute Gasteiger partial charge is 0.360 e. The summed E-state index contributed by atoms with van der Waals surface area (Å²) in [6, 6.07) is 11.9. The van der Waals surface area contributed by atoms with E-state index in [4.69, 9.17) is 0 Å². The molecule has 0 spiro atoms. The number of benzene rings is 2. The number of anilines is 2. The van der Waals surface area contributed by atoms with Crippen molar-refractivity contribution in [1.29, 1.82) is 0 Å². The Kier molecular flexibility index (Phi) is 3.65. The van der Waals surface area contributed by atoms with Gasteiger partial charge in [-0.1, -0.05) is 12.1 Å². The average molecular weight is 332 g/mol. The van der Waals surface area contributed by atoms with Gasteiger partial charge in [0.1, 0.15) is 5.82 Å². The number of halogens is 1. The summed E-state index contributed by atoms with van der Waals surface area (Å²) in [6.07, 6.45) is 1.14. The zero-order valence-corrected chi connectivity index (χ0v) is 13.0. The van der Waals surface area contributed by atoms with Gasteiger partial charge in [0.15, 0.2) is 4.91 Å². The molecule has 23 heavy (non-hydrogen) atoms. The van der Waals surface area contributed by atoms with Crippen LogP contribution in [0.5, 0.6) is 0 Å². The molecule has 0 aliphatic carbocycles. The van der Waals surface area contributed by atoms with Crippen LogP contribution in [0.3, 0.4) is 0 Å². The third-order valence-corrected chi connectivity index (χ3v) is 5.34. The summed E-state index contributed by atoms with van der Waals surface area (Å²) in [7, 11) is -2.54. The van der Waals surface area contributed by atoms with Crippen molar-refractivity contribution < 1.29 is 17.6 Å².